The van der Waals surface area contributed by atoms with Crippen LogP contribution in [0.2, 0.25) is 0 Å². The zero-order valence-electron chi connectivity index (χ0n) is 11.4. The number of ether oxygens (including phenoxy) is 2. The van der Waals surface area contributed by atoms with Crippen LogP contribution < -0.4 is 9.47 Å². The molecule has 0 aliphatic heterocycles. The van der Waals surface area contributed by atoms with E-state index < -0.39 is 0 Å². The Labute approximate surface area is 111 Å². The SMILES string of the molecule is COc1ccc(-c2cc(C(C)=O)nn2C)cc1OC. The number of carbonyl (C=O) groups excluding carboxylic acids is 1. The van der Waals surface area contributed by atoms with E-state index in [0.717, 1.165) is 11.3 Å². The van der Waals surface area contributed by atoms with Crippen LogP contribution in [0.1, 0.15) is 17.4 Å². The summed E-state index contributed by atoms with van der Waals surface area (Å²) in [6.07, 6.45) is 0. The monoisotopic (exact) mass is 260 g/mol. The first kappa shape index (κ1) is 13.1. The predicted octanol–water partition coefficient (Wildman–Crippen LogP) is 2.31. The smallest absolute Gasteiger partial charge is 0.180 e. The summed E-state index contributed by atoms with van der Waals surface area (Å²) < 4.78 is 12.1. The number of benzene rings is 1. The van der Waals surface area contributed by atoms with Gasteiger partial charge in [-0.3, -0.25) is 9.48 Å². The molecule has 0 spiro atoms. The van der Waals surface area contributed by atoms with Crippen LogP contribution in [0.15, 0.2) is 24.3 Å². The maximum atomic E-state index is 11.3. The topological polar surface area (TPSA) is 53.3 Å². The highest BCUT2D eigenvalue weighted by Crippen LogP contribution is 2.32. The Morgan fingerprint density at radius 3 is 2.37 bits per heavy atom. The number of hydrogen-bond acceptors (Lipinski definition) is 4. The second kappa shape index (κ2) is 5.14. The van der Waals surface area contributed by atoms with Gasteiger partial charge in [0, 0.05) is 19.5 Å². The number of Topliss-reactive ketones (excluding diaryl/α,β-unsaturated/α-hetero) is 1. The van der Waals surface area contributed by atoms with Gasteiger partial charge >= 0.3 is 0 Å². The van der Waals surface area contributed by atoms with Crippen LogP contribution in [-0.2, 0) is 7.05 Å². The van der Waals surface area contributed by atoms with Gasteiger partial charge in [0.25, 0.3) is 0 Å². The minimum absolute atomic E-state index is 0.0534. The van der Waals surface area contributed by atoms with E-state index in [1.807, 2.05) is 18.2 Å². The lowest BCUT2D eigenvalue weighted by atomic mass is 10.1. The summed E-state index contributed by atoms with van der Waals surface area (Å²) in [6, 6.07) is 7.36. The second-order valence-electron chi connectivity index (χ2n) is 4.16. The summed E-state index contributed by atoms with van der Waals surface area (Å²) in [7, 11) is 4.99. The van der Waals surface area contributed by atoms with E-state index in [9.17, 15) is 4.79 Å². The molecule has 1 heterocycles. The molecular weight excluding hydrogens is 244 g/mol. The first-order valence-corrected chi connectivity index (χ1v) is 5.84. The van der Waals surface area contributed by atoms with Crippen molar-refractivity contribution in [3.05, 3.63) is 30.0 Å². The van der Waals surface area contributed by atoms with Crippen LogP contribution >= 0.6 is 0 Å². The fourth-order valence-corrected chi connectivity index (χ4v) is 1.91. The molecule has 5 nitrogen and oxygen atoms in total. The van der Waals surface area contributed by atoms with Gasteiger partial charge in [-0.25, -0.2) is 0 Å². The molecule has 100 valence electrons. The summed E-state index contributed by atoms with van der Waals surface area (Å²) in [6.45, 7) is 1.50. The van der Waals surface area contributed by atoms with Gasteiger partial charge in [0.1, 0.15) is 5.69 Å². The first-order valence-electron chi connectivity index (χ1n) is 5.84. The fourth-order valence-electron chi connectivity index (χ4n) is 1.91. The van der Waals surface area contributed by atoms with Crippen molar-refractivity contribution in [1.82, 2.24) is 9.78 Å². The second-order valence-corrected chi connectivity index (χ2v) is 4.16. The van der Waals surface area contributed by atoms with Crippen molar-refractivity contribution in [3.8, 4) is 22.8 Å². The average Bonchev–Trinajstić information content (AvgIpc) is 2.80. The Hall–Kier alpha value is -2.30. The number of aromatic nitrogens is 2. The van der Waals surface area contributed by atoms with Gasteiger partial charge in [-0.05, 0) is 24.3 Å². The fraction of sp³-hybridized carbons (Fsp3) is 0.286. The van der Waals surface area contributed by atoms with E-state index in [4.69, 9.17) is 9.47 Å². The van der Waals surface area contributed by atoms with E-state index in [0.29, 0.717) is 17.2 Å². The number of aryl methyl sites for hydroxylation is 1. The summed E-state index contributed by atoms with van der Waals surface area (Å²) >= 11 is 0. The van der Waals surface area contributed by atoms with Crippen molar-refractivity contribution >= 4 is 5.78 Å². The summed E-state index contributed by atoms with van der Waals surface area (Å²) in [5.74, 6) is 1.26. The molecule has 2 rings (SSSR count). The zero-order valence-corrected chi connectivity index (χ0v) is 11.4. The molecule has 1 aromatic carbocycles. The third-order valence-electron chi connectivity index (χ3n) is 2.92. The van der Waals surface area contributed by atoms with Crippen LogP contribution in [0.3, 0.4) is 0 Å². The van der Waals surface area contributed by atoms with Crippen LogP contribution in [-0.4, -0.2) is 29.8 Å². The number of ketones is 1. The maximum absolute atomic E-state index is 11.3. The Morgan fingerprint density at radius 2 is 1.84 bits per heavy atom. The predicted molar refractivity (Wildman–Crippen MR) is 71.8 cm³/mol. The number of rotatable bonds is 4. The molecule has 0 saturated heterocycles. The van der Waals surface area contributed by atoms with Gasteiger partial charge in [-0.2, -0.15) is 5.10 Å². The molecule has 0 radical (unpaired) electrons. The minimum atomic E-state index is -0.0534. The lowest BCUT2D eigenvalue weighted by Crippen LogP contribution is -1.97. The molecule has 0 aliphatic carbocycles. The van der Waals surface area contributed by atoms with E-state index in [1.165, 1.54) is 6.92 Å². The minimum Gasteiger partial charge on any atom is -0.493 e. The third kappa shape index (κ3) is 2.45. The van der Waals surface area contributed by atoms with E-state index in [1.54, 1.807) is 32.0 Å². The zero-order chi connectivity index (χ0) is 14.0. The van der Waals surface area contributed by atoms with Crippen LogP contribution in [0.25, 0.3) is 11.3 Å². The molecule has 0 bridgehead atoms. The van der Waals surface area contributed by atoms with E-state index in [-0.39, 0.29) is 5.78 Å². The molecule has 1 aromatic heterocycles. The largest absolute Gasteiger partial charge is 0.493 e. The van der Waals surface area contributed by atoms with Crippen molar-refractivity contribution in [2.24, 2.45) is 7.05 Å². The van der Waals surface area contributed by atoms with Gasteiger partial charge in [-0.1, -0.05) is 0 Å². The highest BCUT2D eigenvalue weighted by molar-refractivity contribution is 5.93. The van der Waals surface area contributed by atoms with Crippen LogP contribution in [0.4, 0.5) is 0 Å². The van der Waals surface area contributed by atoms with Crippen molar-refractivity contribution < 1.29 is 14.3 Å². The summed E-state index contributed by atoms with van der Waals surface area (Å²) in [4.78, 5) is 11.3. The maximum Gasteiger partial charge on any atom is 0.180 e. The van der Waals surface area contributed by atoms with E-state index in [2.05, 4.69) is 5.10 Å². The average molecular weight is 260 g/mol. The van der Waals surface area contributed by atoms with Crippen molar-refractivity contribution in [3.63, 3.8) is 0 Å². The molecule has 0 unspecified atom stereocenters. The Kier molecular flexibility index (Phi) is 3.55. The molecule has 2 aromatic rings. The van der Waals surface area contributed by atoms with Crippen molar-refractivity contribution in [2.75, 3.05) is 14.2 Å². The molecule has 0 amide bonds. The summed E-state index contributed by atoms with van der Waals surface area (Å²) in [5, 5.41) is 4.18. The van der Waals surface area contributed by atoms with Crippen molar-refractivity contribution in [1.29, 1.82) is 0 Å². The number of methoxy groups -OCH3 is 2. The number of carbonyl (C=O) groups is 1. The van der Waals surface area contributed by atoms with Gasteiger partial charge in [0.15, 0.2) is 17.3 Å². The molecule has 19 heavy (non-hydrogen) atoms. The Morgan fingerprint density at radius 1 is 1.16 bits per heavy atom. The van der Waals surface area contributed by atoms with Gasteiger partial charge in [0.05, 0.1) is 19.9 Å². The quantitative estimate of drug-likeness (QED) is 0.791. The molecule has 0 N–H and O–H groups in total. The highest BCUT2D eigenvalue weighted by atomic mass is 16.5. The molecule has 0 atom stereocenters. The molecule has 0 aliphatic rings. The van der Waals surface area contributed by atoms with Gasteiger partial charge in [-0.15, -0.1) is 0 Å². The molecule has 5 heteroatoms. The summed E-state index contributed by atoms with van der Waals surface area (Å²) in [5.41, 5.74) is 2.22. The Bertz CT molecular complexity index is 617. The highest BCUT2D eigenvalue weighted by Gasteiger charge is 2.12. The number of hydrogen-bond donors (Lipinski definition) is 0. The van der Waals surface area contributed by atoms with Crippen molar-refractivity contribution in [2.45, 2.75) is 6.92 Å². The lowest BCUT2D eigenvalue weighted by Gasteiger charge is -2.09. The third-order valence-corrected chi connectivity index (χ3v) is 2.92. The standard InChI is InChI=1S/C14H16N2O3/c1-9(17)11-8-12(16(2)15-11)10-5-6-13(18-3)14(7-10)19-4/h5-8H,1-4H3. The first-order chi connectivity index (χ1) is 9.06. The Balaban J connectivity index is 2.50. The van der Waals surface area contributed by atoms with E-state index >= 15 is 0 Å². The van der Waals surface area contributed by atoms with Crippen LogP contribution in [0.5, 0.6) is 11.5 Å². The number of nitrogens with zero attached hydrogens (tertiary/aromatic N) is 2. The lowest BCUT2D eigenvalue weighted by molar-refractivity contribution is 0.101. The van der Waals surface area contributed by atoms with Gasteiger partial charge in [0.2, 0.25) is 0 Å². The molecule has 0 saturated carbocycles. The molecular formula is C14H16N2O3. The van der Waals surface area contributed by atoms with Crippen LogP contribution in [0, 0.1) is 0 Å². The molecule has 0 fully saturated rings. The van der Waals surface area contributed by atoms with Gasteiger partial charge < -0.3 is 9.47 Å². The normalized spacial score (nSPS) is 10.3.